The average molecular weight is 392 g/mol. The molecule has 4 aromatic carbocycles. The molecule has 0 aliphatic rings. The molecule has 4 heteroatoms. The van der Waals surface area contributed by atoms with E-state index in [2.05, 4.69) is 18.2 Å². The molecule has 4 rings (SSSR count). The lowest BCUT2D eigenvalue weighted by atomic mass is 9.94. The maximum Gasteiger partial charge on any atom is 0.0791 e. The lowest BCUT2D eigenvalue weighted by Crippen LogP contribution is -1.89. The third-order valence-corrected chi connectivity index (χ3v) is 5.81. The van der Waals surface area contributed by atoms with Gasteiger partial charge in [-0.1, -0.05) is 101 Å². The van der Waals surface area contributed by atoms with E-state index in [1.807, 2.05) is 36.4 Å². The average Bonchev–Trinajstić information content (AvgIpc) is 2.60. The highest BCUT2D eigenvalue weighted by molar-refractivity contribution is 6.54. The van der Waals surface area contributed by atoms with Gasteiger partial charge < -0.3 is 0 Å². The molecule has 0 atom stereocenters. The van der Waals surface area contributed by atoms with Gasteiger partial charge >= 0.3 is 0 Å². The maximum absolute atomic E-state index is 6.61. The standard InChI is InChI=1S/C20H10Cl4/c21-15-10-4-9-14-16(18(22)20(24)19(23)17(14)15)13-8-3-6-11-5-1-2-7-12(11)13/h1-10H. The van der Waals surface area contributed by atoms with E-state index in [0.29, 0.717) is 20.1 Å². The second kappa shape index (κ2) is 6.13. The highest BCUT2D eigenvalue weighted by Gasteiger charge is 2.20. The number of fused-ring (bicyclic) bond motifs is 2. The van der Waals surface area contributed by atoms with Crippen molar-refractivity contribution in [3.8, 4) is 11.1 Å². The third-order valence-electron chi connectivity index (χ3n) is 4.17. The molecule has 0 aromatic heterocycles. The van der Waals surface area contributed by atoms with Gasteiger partial charge in [-0.25, -0.2) is 0 Å². The maximum atomic E-state index is 6.61. The van der Waals surface area contributed by atoms with E-state index < -0.39 is 0 Å². The summed E-state index contributed by atoms with van der Waals surface area (Å²) < 4.78 is 0. The second-order valence-electron chi connectivity index (χ2n) is 5.51. The summed E-state index contributed by atoms with van der Waals surface area (Å²) >= 11 is 25.8. The Morgan fingerprint density at radius 1 is 0.542 bits per heavy atom. The van der Waals surface area contributed by atoms with E-state index in [1.54, 1.807) is 6.07 Å². The topological polar surface area (TPSA) is 0 Å². The van der Waals surface area contributed by atoms with Crippen LogP contribution in [0.25, 0.3) is 32.7 Å². The summed E-state index contributed by atoms with van der Waals surface area (Å²) in [6.07, 6.45) is 0. The molecule has 0 fully saturated rings. The molecular weight excluding hydrogens is 382 g/mol. The smallest absolute Gasteiger partial charge is 0.0791 e. The molecular formula is C20H10Cl4. The summed E-state index contributed by atoms with van der Waals surface area (Å²) in [5.74, 6) is 0. The molecule has 0 radical (unpaired) electrons. The fourth-order valence-corrected chi connectivity index (χ4v) is 4.25. The van der Waals surface area contributed by atoms with Crippen molar-refractivity contribution in [2.45, 2.75) is 0 Å². The van der Waals surface area contributed by atoms with Crippen molar-refractivity contribution < 1.29 is 0 Å². The van der Waals surface area contributed by atoms with Crippen molar-refractivity contribution in [1.82, 2.24) is 0 Å². The molecule has 0 aliphatic heterocycles. The Balaban J connectivity index is 2.24. The Morgan fingerprint density at radius 3 is 2.04 bits per heavy atom. The minimum absolute atomic E-state index is 0.321. The van der Waals surface area contributed by atoms with Crippen molar-refractivity contribution in [3.05, 3.63) is 80.8 Å². The van der Waals surface area contributed by atoms with Crippen LogP contribution in [0.5, 0.6) is 0 Å². The Kier molecular flexibility index (Phi) is 4.10. The van der Waals surface area contributed by atoms with E-state index in [9.17, 15) is 0 Å². The summed E-state index contributed by atoms with van der Waals surface area (Å²) in [5.41, 5.74) is 1.85. The Morgan fingerprint density at radius 2 is 1.21 bits per heavy atom. The molecule has 0 saturated heterocycles. The molecule has 0 bridgehead atoms. The highest BCUT2D eigenvalue weighted by Crippen LogP contribution is 2.48. The molecule has 0 amide bonds. The summed E-state index contributed by atoms with van der Waals surface area (Å²) in [6.45, 7) is 0. The molecule has 0 nitrogen and oxygen atoms in total. The van der Waals surface area contributed by atoms with Crippen LogP contribution in [0.15, 0.2) is 60.7 Å². The van der Waals surface area contributed by atoms with E-state index in [4.69, 9.17) is 46.4 Å². The Bertz CT molecular complexity index is 1090. The van der Waals surface area contributed by atoms with Crippen LogP contribution in [0, 0.1) is 0 Å². The molecule has 0 saturated carbocycles. The summed E-state index contributed by atoms with van der Waals surface area (Å²) in [5, 5.41) is 5.53. The van der Waals surface area contributed by atoms with Gasteiger partial charge in [-0.3, -0.25) is 0 Å². The van der Waals surface area contributed by atoms with E-state index in [1.165, 1.54) is 0 Å². The van der Waals surface area contributed by atoms with E-state index in [0.717, 1.165) is 32.7 Å². The highest BCUT2D eigenvalue weighted by atomic mass is 35.5. The van der Waals surface area contributed by atoms with Gasteiger partial charge in [0.15, 0.2) is 0 Å². The SMILES string of the molecule is Clc1c(Cl)c(Cl)c2c(Cl)cccc2c1-c1cccc2ccccc12. The van der Waals surface area contributed by atoms with Crippen molar-refractivity contribution in [3.63, 3.8) is 0 Å². The van der Waals surface area contributed by atoms with Gasteiger partial charge in [-0.05, 0) is 27.8 Å². The first-order chi connectivity index (χ1) is 11.6. The first-order valence-electron chi connectivity index (χ1n) is 7.32. The zero-order chi connectivity index (χ0) is 16.8. The first kappa shape index (κ1) is 16.1. The first-order valence-corrected chi connectivity index (χ1v) is 8.83. The van der Waals surface area contributed by atoms with Crippen LogP contribution < -0.4 is 0 Å². The van der Waals surface area contributed by atoms with Crippen LogP contribution in [-0.4, -0.2) is 0 Å². The van der Waals surface area contributed by atoms with Gasteiger partial charge in [0.05, 0.1) is 15.1 Å². The van der Waals surface area contributed by atoms with Crippen LogP contribution in [0.1, 0.15) is 0 Å². The number of halogens is 4. The van der Waals surface area contributed by atoms with Crippen molar-refractivity contribution in [1.29, 1.82) is 0 Å². The zero-order valence-electron chi connectivity index (χ0n) is 12.3. The molecule has 4 aromatic rings. The summed E-state index contributed by atoms with van der Waals surface area (Å²) in [7, 11) is 0. The monoisotopic (exact) mass is 390 g/mol. The minimum atomic E-state index is 0.321. The molecule has 0 spiro atoms. The van der Waals surface area contributed by atoms with Gasteiger partial charge in [0.25, 0.3) is 0 Å². The molecule has 0 unspecified atom stereocenters. The predicted molar refractivity (Wildman–Crippen MR) is 107 cm³/mol. The van der Waals surface area contributed by atoms with Crippen LogP contribution >= 0.6 is 46.4 Å². The minimum Gasteiger partial charge on any atom is -0.0836 e. The molecule has 24 heavy (non-hydrogen) atoms. The fourth-order valence-electron chi connectivity index (χ4n) is 3.10. The van der Waals surface area contributed by atoms with E-state index >= 15 is 0 Å². The van der Waals surface area contributed by atoms with Crippen LogP contribution in [-0.2, 0) is 0 Å². The quantitative estimate of drug-likeness (QED) is 0.286. The van der Waals surface area contributed by atoms with Crippen molar-refractivity contribution in [2.24, 2.45) is 0 Å². The van der Waals surface area contributed by atoms with Crippen LogP contribution in [0.4, 0.5) is 0 Å². The lowest BCUT2D eigenvalue weighted by molar-refractivity contribution is 1.68. The van der Waals surface area contributed by atoms with Crippen LogP contribution in [0.3, 0.4) is 0 Å². The number of benzene rings is 4. The summed E-state index contributed by atoms with van der Waals surface area (Å²) in [6, 6.07) is 19.9. The van der Waals surface area contributed by atoms with Gasteiger partial charge in [-0.2, -0.15) is 0 Å². The Hall–Kier alpha value is -1.44. The second-order valence-corrected chi connectivity index (χ2v) is 7.05. The third kappa shape index (κ3) is 2.37. The van der Waals surface area contributed by atoms with Gasteiger partial charge in [0.2, 0.25) is 0 Å². The van der Waals surface area contributed by atoms with E-state index in [-0.39, 0.29) is 0 Å². The number of hydrogen-bond acceptors (Lipinski definition) is 0. The fraction of sp³-hybridized carbons (Fsp3) is 0. The zero-order valence-corrected chi connectivity index (χ0v) is 15.3. The van der Waals surface area contributed by atoms with Crippen molar-refractivity contribution >= 4 is 67.9 Å². The number of rotatable bonds is 1. The van der Waals surface area contributed by atoms with Gasteiger partial charge in [0.1, 0.15) is 0 Å². The number of hydrogen-bond donors (Lipinski definition) is 0. The van der Waals surface area contributed by atoms with Gasteiger partial charge in [-0.15, -0.1) is 0 Å². The lowest BCUT2D eigenvalue weighted by Gasteiger charge is -2.16. The summed E-state index contributed by atoms with van der Waals surface area (Å²) in [4.78, 5) is 0. The van der Waals surface area contributed by atoms with Gasteiger partial charge in [0, 0.05) is 16.0 Å². The normalized spacial score (nSPS) is 11.3. The largest absolute Gasteiger partial charge is 0.0836 e. The predicted octanol–water partition coefficient (Wildman–Crippen LogP) is 8.27. The molecule has 0 heterocycles. The molecule has 0 aliphatic carbocycles. The Labute approximate surface area is 159 Å². The van der Waals surface area contributed by atoms with Crippen LogP contribution in [0.2, 0.25) is 20.1 Å². The molecule has 118 valence electrons. The van der Waals surface area contributed by atoms with Crippen molar-refractivity contribution in [2.75, 3.05) is 0 Å². The molecule has 0 N–H and O–H groups in total.